The summed E-state index contributed by atoms with van der Waals surface area (Å²) in [5, 5.41) is 10.3. The third-order valence-corrected chi connectivity index (χ3v) is 3.17. The average molecular weight is 283 g/mol. The van der Waals surface area contributed by atoms with Crippen molar-refractivity contribution >= 4 is 33.9 Å². The minimum atomic E-state index is -0.353. The maximum absolute atomic E-state index is 9.48. The van der Waals surface area contributed by atoms with Crippen LogP contribution >= 0.6 is 33.9 Å². The molecule has 0 spiro atoms. The Balaban J connectivity index is 2.60. The van der Waals surface area contributed by atoms with Crippen LogP contribution in [0.3, 0.4) is 0 Å². The molecular formula is C7H10INOS. The molecule has 0 saturated heterocycles. The van der Waals surface area contributed by atoms with E-state index in [0.29, 0.717) is 0 Å². The second-order valence-corrected chi connectivity index (χ2v) is 5.26. The van der Waals surface area contributed by atoms with Gasteiger partial charge in [-0.2, -0.15) is 0 Å². The highest BCUT2D eigenvalue weighted by Crippen LogP contribution is 2.24. The minimum Gasteiger partial charge on any atom is -0.386 e. The summed E-state index contributed by atoms with van der Waals surface area (Å²) in [5.41, 5.74) is 0. The molecule has 0 aliphatic carbocycles. The molecule has 0 radical (unpaired) electrons. The van der Waals surface area contributed by atoms with Crippen molar-refractivity contribution in [1.29, 1.82) is 0 Å². The van der Waals surface area contributed by atoms with Crippen molar-refractivity contribution in [3.05, 3.63) is 14.1 Å². The van der Waals surface area contributed by atoms with Gasteiger partial charge < -0.3 is 5.11 Å². The topological polar surface area (TPSA) is 33.1 Å². The molecule has 1 heterocycles. The van der Waals surface area contributed by atoms with Gasteiger partial charge in [0.25, 0.3) is 0 Å². The highest BCUT2D eigenvalue weighted by atomic mass is 127. The van der Waals surface area contributed by atoms with E-state index in [0.717, 1.165) is 20.7 Å². The Labute approximate surface area is 83.8 Å². The van der Waals surface area contributed by atoms with Gasteiger partial charge >= 0.3 is 0 Å². The summed E-state index contributed by atoms with van der Waals surface area (Å²) in [5.74, 6) is 0. The Morgan fingerprint density at radius 1 is 1.82 bits per heavy atom. The molecule has 1 aromatic rings. The van der Waals surface area contributed by atoms with Gasteiger partial charge in [-0.05, 0) is 29.0 Å². The van der Waals surface area contributed by atoms with E-state index in [4.69, 9.17) is 0 Å². The SMILES string of the molecule is CCCC(O)c1ncc(I)s1. The Hall–Kier alpha value is 0.320. The maximum atomic E-state index is 9.48. The van der Waals surface area contributed by atoms with Crippen LogP contribution in [-0.2, 0) is 0 Å². The normalized spacial score (nSPS) is 13.4. The molecule has 1 unspecified atom stereocenters. The van der Waals surface area contributed by atoms with Crippen molar-refractivity contribution in [3.8, 4) is 0 Å². The van der Waals surface area contributed by atoms with Crippen LogP contribution in [0.25, 0.3) is 0 Å². The molecule has 62 valence electrons. The fourth-order valence-electron chi connectivity index (χ4n) is 0.818. The molecule has 0 amide bonds. The standard InChI is InChI=1S/C7H10INOS/c1-2-3-5(10)7-9-4-6(8)11-7/h4-5,10H,2-3H2,1H3. The summed E-state index contributed by atoms with van der Waals surface area (Å²) in [6.45, 7) is 2.06. The van der Waals surface area contributed by atoms with Crippen LogP contribution in [0.15, 0.2) is 6.20 Å². The first kappa shape index (κ1) is 9.41. The Bertz CT molecular complexity index is 226. The fourth-order valence-corrected chi connectivity index (χ4v) is 2.30. The van der Waals surface area contributed by atoms with E-state index < -0.39 is 0 Å². The zero-order valence-corrected chi connectivity index (χ0v) is 9.22. The molecule has 0 fully saturated rings. The fraction of sp³-hybridized carbons (Fsp3) is 0.571. The van der Waals surface area contributed by atoms with E-state index in [-0.39, 0.29) is 6.10 Å². The van der Waals surface area contributed by atoms with Crippen molar-refractivity contribution < 1.29 is 5.11 Å². The molecule has 1 N–H and O–H groups in total. The smallest absolute Gasteiger partial charge is 0.122 e. The van der Waals surface area contributed by atoms with Gasteiger partial charge in [0, 0.05) is 0 Å². The van der Waals surface area contributed by atoms with E-state index in [1.807, 2.05) is 0 Å². The number of halogens is 1. The molecule has 0 saturated carbocycles. The van der Waals surface area contributed by atoms with Crippen LogP contribution < -0.4 is 0 Å². The second kappa shape index (κ2) is 4.37. The maximum Gasteiger partial charge on any atom is 0.122 e. The zero-order chi connectivity index (χ0) is 8.27. The molecule has 2 nitrogen and oxygen atoms in total. The van der Waals surface area contributed by atoms with E-state index in [1.165, 1.54) is 0 Å². The largest absolute Gasteiger partial charge is 0.386 e. The molecular weight excluding hydrogens is 273 g/mol. The van der Waals surface area contributed by atoms with Gasteiger partial charge in [0.05, 0.1) is 9.08 Å². The van der Waals surface area contributed by atoms with Gasteiger partial charge in [-0.3, -0.25) is 0 Å². The van der Waals surface area contributed by atoms with E-state index in [2.05, 4.69) is 34.5 Å². The summed E-state index contributed by atoms with van der Waals surface area (Å²) < 4.78 is 1.13. The third kappa shape index (κ3) is 2.68. The molecule has 11 heavy (non-hydrogen) atoms. The van der Waals surface area contributed by atoms with Gasteiger partial charge in [0.15, 0.2) is 0 Å². The number of thiazole rings is 1. The Morgan fingerprint density at radius 3 is 3.00 bits per heavy atom. The molecule has 4 heteroatoms. The summed E-state index contributed by atoms with van der Waals surface area (Å²) in [6, 6.07) is 0. The molecule has 0 aromatic carbocycles. The Kier molecular flexibility index (Phi) is 3.74. The number of aromatic nitrogens is 1. The van der Waals surface area contributed by atoms with Gasteiger partial charge in [-0.15, -0.1) is 11.3 Å². The van der Waals surface area contributed by atoms with Gasteiger partial charge in [-0.25, -0.2) is 4.98 Å². The lowest BCUT2D eigenvalue weighted by atomic mass is 10.2. The molecule has 0 aliphatic rings. The highest BCUT2D eigenvalue weighted by Gasteiger charge is 2.09. The number of nitrogens with zero attached hydrogens (tertiary/aromatic N) is 1. The first-order valence-corrected chi connectivity index (χ1v) is 5.43. The lowest BCUT2D eigenvalue weighted by Gasteiger charge is -2.02. The van der Waals surface area contributed by atoms with E-state index in [1.54, 1.807) is 17.5 Å². The summed E-state index contributed by atoms with van der Waals surface area (Å²) in [7, 11) is 0. The van der Waals surface area contributed by atoms with E-state index in [9.17, 15) is 5.11 Å². The third-order valence-electron chi connectivity index (χ3n) is 1.34. The van der Waals surface area contributed by atoms with Crippen LogP contribution in [-0.4, -0.2) is 10.1 Å². The summed E-state index contributed by atoms with van der Waals surface area (Å²) >= 11 is 3.77. The number of rotatable bonds is 3. The van der Waals surface area contributed by atoms with Crippen molar-refractivity contribution in [2.45, 2.75) is 25.9 Å². The highest BCUT2D eigenvalue weighted by molar-refractivity contribution is 14.1. The van der Waals surface area contributed by atoms with Crippen molar-refractivity contribution in [2.75, 3.05) is 0 Å². The van der Waals surface area contributed by atoms with Crippen LogP contribution in [0, 0.1) is 2.88 Å². The van der Waals surface area contributed by atoms with Crippen LogP contribution in [0.1, 0.15) is 30.9 Å². The zero-order valence-electron chi connectivity index (χ0n) is 6.25. The number of aliphatic hydroxyl groups excluding tert-OH is 1. The monoisotopic (exact) mass is 283 g/mol. The van der Waals surface area contributed by atoms with Crippen LogP contribution in [0.2, 0.25) is 0 Å². The molecule has 0 aliphatic heterocycles. The Morgan fingerprint density at radius 2 is 2.55 bits per heavy atom. The predicted octanol–water partition coefficient (Wildman–Crippen LogP) is 2.58. The molecule has 1 rings (SSSR count). The molecule has 1 aromatic heterocycles. The molecule has 0 bridgehead atoms. The number of aliphatic hydroxyl groups is 1. The minimum absolute atomic E-state index is 0.353. The summed E-state index contributed by atoms with van der Waals surface area (Å²) in [4.78, 5) is 4.10. The number of hydrogen-bond acceptors (Lipinski definition) is 3. The van der Waals surface area contributed by atoms with Gasteiger partial charge in [0.2, 0.25) is 0 Å². The average Bonchev–Trinajstić information content (AvgIpc) is 2.36. The van der Waals surface area contributed by atoms with Crippen molar-refractivity contribution in [1.82, 2.24) is 4.98 Å². The number of hydrogen-bond donors (Lipinski definition) is 1. The van der Waals surface area contributed by atoms with Gasteiger partial charge in [0.1, 0.15) is 11.1 Å². The molecule has 1 atom stereocenters. The summed E-state index contributed by atoms with van der Waals surface area (Å²) in [6.07, 6.45) is 3.24. The first-order valence-electron chi connectivity index (χ1n) is 3.53. The second-order valence-electron chi connectivity index (χ2n) is 2.31. The van der Waals surface area contributed by atoms with Crippen molar-refractivity contribution in [3.63, 3.8) is 0 Å². The van der Waals surface area contributed by atoms with E-state index >= 15 is 0 Å². The lowest BCUT2D eigenvalue weighted by molar-refractivity contribution is 0.166. The van der Waals surface area contributed by atoms with Crippen LogP contribution in [0.5, 0.6) is 0 Å². The first-order chi connectivity index (χ1) is 5.24. The van der Waals surface area contributed by atoms with Crippen LogP contribution in [0.4, 0.5) is 0 Å². The predicted molar refractivity (Wildman–Crippen MR) is 54.7 cm³/mol. The quantitative estimate of drug-likeness (QED) is 0.865. The van der Waals surface area contributed by atoms with Crippen molar-refractivity contribution in [2.24, 2.45) is 0 Å². The van der Waals surface area contributed by atoms with Gasteiger partial charge in [-0.1, -0.05) is 13.3 Å². The lowest BCUT2D eigenvalue weighted by Crippen LogP contribution is -1.94.